The number of hydrogen-bond acceptors (Lipinski definition) is 2. The number of imidazole rings is 1. The van der Waals surface area contributed by atoms with Crippen molar-refractivity contribution in [3.63, 3.8) is 0 Å². The van der Waals surface area contributed by atoms with E-state index in [1.165, 1.54) is 0 Å². The zero-order chi connectivity index (χ0) is 9.42. The van der Waals surface area contributed by atoms with E-state index in [2.05, 4.69) is 20.9 Å². The molecular weight excluding hydrogens is 236 g/mol. The van der Waals surface area contributed by atoms with Gasteiger partial charge in [-0.3, -0.25) is 0 Å². The molecule has 0 fully saturated rings. The summed E-state index contributed by atoms with van der Waals surface area (Å²) in [5.41, 5.74) is 1.25. The summed E-state index contributed by atoms with van der Waals surface area (Å²) >= 11 is 3.08. The van der Waals surface area contributed by atoms with Gasteiger partial charge in [-0.05, 0) is 28.1 Å². The molecule has 1 heterocycles. The monoisotopic (exact) mass is 240 g/mol. The lowest BCUT2D eigenvalue weighted by atomic mass is 10.3. The van der Waals surface area contributed by atoms with Crippen molar-refractivity contribution in [2.45, 2.75) is 0 Å². The van der Waals surface area contributed by atoms with Crippen molar-refractivity contribution in [2.24, 2.45) is 0 Å². The SMILES string of the molecule is O=C(O)n1c(Br)nc2ccccc21. The smallest absolute Gasteiger partial charge is 0.418 e. The summed E-state index contributed by atoms with van der Waals surface area (Å²) in [5.74, 6) is 0. The molecule has 2 rings (SSSR count). The molecule has 0 aliphatic heterocycles. The molecule has 2 aromatic rings. The van der Waals surface area contributed by atoms with Crippen LogP contribution in [0.5, 0.6) is 0 Å². The summed E-state index contributed by atoms with van der Waals surface area (Å²) in [6.45, 7) is 0. The van der Waals surface area contributed by atoms with Gasteiger partial charge in [0.25, 0.3) is 0 Å². The predicted octanol–water partition coefficient (Wildman–Crippen LogP) is 2.32. The molecule has 0 radical (unpaired) electrons. The number of fused-ring (bicyclic) bond motifs is 1. The minimum Gasteiger partial charge on any atom is -0.464 e. The second-order valence-corrected chi connectivity index (χ2v) is 3.20. The number of benzene rings is 1. The summed E-state index contributed by atoms with van der Waals surface area (Å²) in [4.78, 5) is 14.8. The Morgan fingerprint density at radius 3 is 2.85 bits per heavy atom. The zero-order valence-electron chi connectivity index (χ0n) is 6.44. The molecule has 0 bridgehead atoms. The highest BCUT2D eigenvalue weighted by Gasteiger charge is 2.12. The Kier molecular flexibility index (Phi) is 1.81. The normalized spacial score (nSPS) is 10.5. The first-order chi connectivity index (χ1) is 6.20. The van der Waals surface area contributed by atoms with Gasteiger partial charge in [-0.2, -0.15) is 0 Å². The zero-order valence-corrected chi connectivity index (χ0v) is 8.02. The third-order valence-electron chi connectivity index (χ3n) is 1.71. The summed E-state index contributed by atoms with van der Waals surface area (Å²) < 4.78 is 1.40. The van der Waals surface area contributed by atoms with E-state index in [1.807, 2.05) is 6.07 Å². The second kappa shape index (κ2) is 2.85. The molecule has 0 spiro atoms. The van der Waals surface area contributed by atoms with Crippen LogP contribution in [0.1, 0.15) is 0 Å². The molecule has 0 saturated carbocycles. The van der Waals surface area contributed by atoms with Crippen molar-refractivity contribution < 1.29 is 9.90 Å². The minimum absolute atomic E-state index is 0.307. The van der Waals surface area contributed by atoms with E-state index in [1.54, 1.807) is 18.2 Å². The van der Waals surface area contributed by atoms with Crippen LogP contribution >= 0.6 is 15.9 Å². The fourth-order valence-electron chi connectivity index (χ4n) is 1.18. The molecule has 0 atom stereocenters. The largest absolute Gasteiger partial charge is 0.464 e. The Hall–Kier alpha value is -1.36. The summed E-state index contributed by atoms with van der Waals surface area (Å²) in [5, 5.41) is 8.85. The summed E-state index contributed by atoms with van der Waals surface area (Å²) in [6.07, 6.45) is -1.04. The number of aromatic nitrogens is 2. The Labute approximate surface area is 81.9 Å². The van der Waals surface area contributed by atoms with E-state index < -0.39 is 6.09 Å². The van der Waals surface area contributed by atoms with Gasteiger partial charge in [0.15, 0.2) is 4.73 Å². The number of para-hydroxylation sites is 2. The minimum atomic E-state index is -1.04. The van der Waals surface area contributed by atoms with Gasteiger partial charge in [0.1, 0.15) is 0 Å². The number of hydrogen-bond donors (Lipinski definition) is 1. The Morgan fingerprint density at radius 2 is 2.15 bits per heavy atom. The Bertz CT molecular complexity index is 478. The van der Waals surface area contributed by atoms with Crippen LogP contribution in [-0.4, -0.2) is 20.8 Å². The van der Waals surface area contributed by atoms with E-state index in [-0.39, 0.29) is 0 Å². The van der Waals surface area contributed by atoms with E-state index in [0.717, 1.165) is 4.57 Å². The Morgan fingerprint density at radius 1 is 1.46 bits per heavy atom. The topological polar surface area (TPSA) is 55.1 Å². The molecule has 0 unspecified atom stereocenters. The fourth-order valence-corrected chi connectivity index (χ4v) is 1.71. The lowest BCUT2D eigenvalue weighted by Gasteiger charge is -1.95. The van der Waals surface area contributed by atoms with Crippen LogP contribution in [0.4, 0.5) is 4.79 Å². The van der Waals surface area contributed by atoms with Crippen molar-refractivity contribution in [1.82, 2.24) is 9.55 Å². The second-order valence-electron chi connectivity index (χ2n) is 2.49. The standard InChI is InChI=1S/C8H5BrN2O2/c9-7-10-5-3-1-2-4-6(5)11(7)8(12)13/h1-4H,(H,12,13). The highest BCUT2D eigenvalue weighted by molar-refractivity contribution is 9.10. The van der Waals surface area contributed by atoms with Gasteiger partial charge in [0.2, 0.25) is 0 Å². The van der Waals surface area contributed by atoms with E-state index >= 15 is 0 Å². The van der Waals surface area contributed by atoms with Crippen molar-refractivity contribution >= 4 is 33.1 Å². The third kappa shape index (κ3) is 1.21. The number of carbonyl (C=O) groups is 1. The average molecular weight is 241 g/mol. The van der Waals surface area contributed by atoms with Gasteiger partial charge in [-0.1, -0.05) is 12.1 Å². The van der Waals surface area contributed by atoms with Gasteiger partial charge in [-0.25, -0.2) is 14.3 Å². The van der Waals surface area contributed by atoms with Crippen LogP contribution in [0.2, 0.25) is 0 Å². The molecular formula is C8H5BrN2O2. The van der Waals surface area contributed by atoms with Crippen molar-refractivity contribution in [2.75, 3.05) is 0 Å². The number of nitrogens with zero attached hydrogens (tertiary/aromatic N) is 2. The van der Waals surface area contributed by atoms with Crippen LogP contribution in [0.3, 0.4) is 0 Å². The van der Waals surface area contributed by atoms with Gasteiger partial charge in [0, 0.05) is 0 Å². The molecule has 1 aromatic carbocycles. The van der Waals surface area contributed by atoms with Crippen molar-refractivity contribution in [3.05, 3.63) is 29.0 Å². The van der Waals surface area contributed by atoms with Gasteiger partial charge < -0.3 is 5.11 Å². The molecule has 0 amide bonds. The molecule has 0 saturated heterocycles. The molecule has 1 aromatic heterocycles. The lowest BCUT2D eigenvalue weighted by Crippen LogP contribution is -2.07. The maximum atomic E-state index is 10.8. The van der Waals surface area contributed by atoms with Crippen molar-refractivity contribution in [1.29, 1.82) is 0 Å². The van der Waals surface area contributed by atoms with E-state index in [4.69, 9.17) is 5.11 Å². The molecule has 5 heteroatoms. The molecule has 0 aliphatic carbocycles. The number of carboxylic acid groups (broad SMARTS) is 1. The quantitative estimate of drug-likeness (QED) is 0.769. The van der Waals surface area contributed by atoms with Crippen LogP contribution < -0.4 is 0 Å². The number of rotatable bonds is 0. The lowest BCUT2D eigenvalue weighted by molar-refractivity contribution is 0.196. The van der Waals surface area contributed by atoms with Gasteiger partial charge >= 0.3 is 6.09 Å². The van der Waals surface area contributed by atoms with Crippen molar-refractivity contribution in [3.8, 4) is 0 Å². The summed E-state index contributed by atoms with van der Waals surface area (Å²) in [6, 6.07) is 7.06. The first-order valence-electron chi connectivity index (χ1n) is 3.56. The molecule has 1 N–H and O–H groups in total. The summed E-state index contributed by atoms with van der Waals surface area (Å²) in [7, 11) is 0. The first kappa shape index (κ1) is 8.25. The fraction of sp³-hybridized carbons (Fsp3) is 0. The predicted molar refractivity (Wildman–Crippen MR) is 50.9 cm³/mol. The van der Waals surface area contributed by atoms with Gasteiger partial charge in [-0.15, -0.1) is 0 Å². The average Bonchev–Trinajstić information content (AvgIpc) is 2.39. The maximum Gasteiger partial charge on any atom is 0.418 e. The van der Waals surface area contributed by atoms with Gasteiger partial charge in [0.05, 0.1) is 11.0 Å². The van der Waals surface area contributed by atoms with Crippen LogP contribution in [0.25, 0.3) is 11.0 Å². The van der Waals surface area contributed by atoms with E-state index in [0.29, 0.717) is 15.8 Å². The molecule has 66 valence electrons. The molecule has 13 heavy (non-hydrogen) atoms. The molecule has 0 aliphatic rings. The maximum absolute atomic E-state index is 10.8. The van der Waals surface area contributed by atoms with Crippen LogP contribution in [0.15, 0.2) is 29.0 Å². The van der Waals surface area contributed by atoms with E-state index in [9.17, 15) is 4.79 Å². The first-order valence-corrected chi connectivity index (χ1v) is 4.36. The van der Waals surface area contributed by atoms with Crippen LogP contribution in [0, 0.1) is 0 Å². The van der Waals surface area contributed by atoms with Crippen LogP contribution in [-0.2, 0) is 0 Å². The third-order valence-corrected chi connectivity index (χ3v) is 2.24. The highest BCUT2D eigenvalue weighted by Crippen LogP contribution is 2.19. The number of halogens is 1. The Balaban J connectivity index is 2.86. The highest BCUT2D eigenvalue weighted by atomic mass is 79.9. The molecule has 4 nitrogen and oxygen atoms in total.